The molecule has 0 spiro atoms. The van der Waals surface area contributed by atoms with Gasteiger partial charge in [0.1, 0.15) is 35.6 Å². The molecule has 1 saturated heterocycles. The molecule has 2 aliphatic heterocycles. The number of fused-ring (bicyclic) bond motifs is 1. The molecule has 1 amide bonds. The number of carbonyl (C=O) groups is 3. The molecule has 1 N–H and O–H groups in total. The summed E-state index contributed by atoms with van der Waals surface area (Å²) in [6.07, 6.45) is 0. The minimum Gasteiger partial charge on any atom is -0.507 e. The van der Waals surface area contributed by atoms with E-state index in [0.29, 0.717) is 48.3 Å². The summed E-state index contributed by atoms with van der Waals surface area (Å²) in [4.78, 5) is 45.1. The van der Waals surface area contributed by atoms with Gasteiger partial charge in [0, 0.05) is 11.1 Å². The van der Waals surface area contributed by atoms with Crippen molar-refractivity contribution in [2.75, 3.05) is 31.8 Å². The number of hydrogen-bond acceptors (Lipinski definition) is 10. The molecule has 196 valence electrons. The number of esters is 1. The lowest BCUT2D eigenvalue weighted by Crippen LogP contribution is -2.29. The number of aliphatic hydroxyl groups excluding tert-OH is 1. The van der Waals surface area contributed by atoms with E-state index in [1.54, 1.807) is 49.4 Å². The van der Waals surface area contributed by atoms with E-state index in [0.717, 1.165) is 11.3 Å². The Kier molecular flexibility index (Phi) is 6.77. The maximum atomic E-state index is 13.5. The Morgan fingerprint density at radius 2 is 1.89 bits per heavy atom. The van der Waals surface area contributed by atoms with Crippen molar-refractivity contribution in [3.8, 4) is 17.2 Å². The minimum atomic E-state index is -1.08. The molecule has 10 nitrogen and oxygen atoms in total. The SMILES string of the molecule is CCOc1ccccc1C1/C(=C(\O)c2ccc3c(c2)OCCO3)C(=O)C(=O)N1c1nc(C)c(C(=O)OC)s1. The number of thiazole rings is 1. The number of amides is 1. The molecule has 2 aromatic carbocycles. The number of ketones is 1. The maximum Gasteiger partial charge on any atom is 0.350 e. The Morgan fingerprint density at radius 3 is 2.63 bits per heavy atom. The number of aromatic nitrogens is 1. The average Bonchev–Trinajstić information content (AvgIpc) is 3.44. The monoisotopic (exact) mass is 536 g/mol. The number of aryl methyl sites for hydroxylation is 1. The minimum absolute atomic E-state index is 0.113. The van der Waals surface area contributed by atoms with Crippen LogP contribution in [0.3, 0.4) is 0 Å². The molecule has 1 fully saturated rings. The second kappa shape index (κ2) is 10.2. The Balaban J connectivity index is 1.72. The van der Waals surface area contributed by atoms with Crippen LogP contribution in [-0.2, 0) is 14.3 Å². The van der Waals surface area contributed by atoms with Gasteiger partial charge in [-0.25, -0.2) is 9.78 Å². The third-order valence-corrected chi connectivity index (χ3v) is 7.27. The smallest absolute Gasteiger partial charge is 0.350 e. The van der Waals surface area contributed by atoms with Crippen LogP contribution in [-0.4, -0.2) is 54.7 Å². The molecule has 0 aliphatic carbocycles. The normalized spacial score (nSPS) is 18.0. The third-order valence-electron chi connectivity index (χ3n) is 6.14. The first-order valence-electron chi connectivity index (χ1n) is 11.8. The zero-order valence-corrected chi connectivity index (χ0v) is 21.7. The van der Waals surface area contributed by atoms with Crippen molar-refractivity contribution in [3.05, 3.63) is 69.7 Å². The van der Waals surface area contributed by atoms with Crippen LogP contribution < -0.4 is 19.1 Å². The molecular weight excluding hydrogens is 512 g/mol. The van der Waals surface area contributed by atoms with Crippen LogP contribution in [0.25, 0.3) is 5.76 Å². The van der Waals surface area contributed by atoms with E-state index in [1.807, 2.05) is 6.92 Å². The first-order valence-corrected chi connectivity index (χ1v) is 12.7. The van der Waals surface area contributed by atoms with E-state index in [-0.39, 0.29) is 26.9 Å². The molecule has 3 heterocycles. The summed E-state index contributed by atoms with van der Waals surface area (Å²) in [5.41, 5.74) is 0.950. The van der Waals surface area contributed by atoms with Crippen LogP contribution in [0.15, 0.2) is 48.0 Å². The lowest BCUT2D eigenvalue weighted by Gasteiger charge is -2.25. The first-order chi connectivity index (χ1) is 18.3. The molecule has 1 aromatic heterocycles. The number of ether oxygens (including phenoxy) is 4. The molecule has 11 heteroatoms. The number of Topliss-reactive ketones (excluding diaryl/α,β-unsaturated/α-hetero) is 1. The second-order valence-corrected chi connectivity index (χ2v) is 9.38. The summed E-state index contributed by atoms with van der Waals surface area (Å²) in [6.45, 7) is 4.51. The number of hydrogen-bond donors (Lipinski definition) is 1. The molecule has 5 rings (SSSR count). The number of anilines is 1. The number of benzene rings is 2. The lowest BCUT2D eigenvalue weighted by atomic mass is 9.94. The summed E-state index contributed by atoms with van der Waals surface area (Å²) in [5.74, 6) is -1.43. The fourth-order valence-electron chi connectivity index (χ4n) is 4.43. The molecule has 38 heavy (non-hydrogen) atoms. The van der Waals surface area contributed by atoms with E-state index in [2.05, 4.69) is 4.98 Å². The van der Waals surface area contributed by atoms with Crippen LogP contribution in [0, 0.1) is 6.92 Å². The van der Waals surface area contributed by atoms with Gasteiger partial charge in [-0.15, -0.1) is 0 Å². The summed E-state index contributed by atoms with van der Waals surface area (Å²) >= 11 is 0.927. The molecule has 1 unspecified atom stereocenters. The topological polar surface area (TPSA) is 124 Å². The number of rotatable bonds is 6. The highest BCUT2D eigenvalue weighted by Crippen LogP contribution is 2.46. The largest absolute Gasteiger partial charge is 0.507 e. The standard InChI is InChI=1S/C27H24N2O8S/c1-4-35-17-8-6-5-7-16(17)21-20(22(30)15-9-10-18-19(13-15)37-12-11-36-18)23(31)25(32)29(21)27-28-14(2)24(38-27)26(33)34-3/h5-10,13,21,30H,4,11-12H2,1-3H3/b22-20+. The van der Waals surface area contributed by atoms with Gasteiger partial charge in [0.2, 0.25) is 0 Å². The Labute approximate surface area is 222 Å². The molecule has 1 atom stereocenters. The Morgan fingerprint density at radius 1 is 1.16 bits per heavy atom. The van der Waals surface area contributed by atoms with Gasteiger partial charge in [-0.2, -0.15) is 0 Å². The highest BCUT2D eigenvalue weighted by Gasteiger charge is 2.49. The maximum absolute atomic E-state index is 13.5. The van der Waals surface area contributed by atoms with Crippen molar-refractivity contribution in [2.45, 2.75) is 19.9 Å². The summed E-state index contributed by atoms with van der Waals surface area (Å²) in [5, 5.41) is 11.6. The molecule has 0 saturated carbocycles. The summed E-state index contributed by atoms with van der Waals surface area (Å²) in [6, 6.07) is 10.6. The van der Waals surface area contributed by atoms with E-state index >= 15 is 0 Å². The number of aliphatic hydroxyl groups is 1. The summed E-state index contributed by atoms with van der Waals surface area (Å²) < 4.78 is 21.8. The fraction of sp³-hybridized carbons (Fsp3) is 0.259. The Bertz CT molecular complexity index is 1480. The predicted molar refractivity (Wildman–Crippen MR) is 138 cm³/mol. The molecule has 2 aliphatic rings. The fourth-order valence-corrected chi connectivity index (χ4v) is 5.44. The van der Waals surface area contributed by atoms with E-state index in [4.69, 9.17) is 18.9 Å². The van der Waals surface area contributed by atoms with Crippen molar-refractivity contribution in [2.24, 2.45) is 0 Å². The van der Waals surface area contributed by atoms with Crippen LogP contribution in [0.4, 0.5) is 5.13 Å². The number of methoxy groups -OCH3 is 1. The quantitative estimate of drug-likeness (QED) is 0.215. The highest BCUT2D eigenvalue weighted by molar-refractivity contribution is 7.17. The van der Waals surface area contributed by atoms with Gasteiger partial charge in [0.25, 0.3) is 5.78 Å². The predicted octanol–water partition coefficient (Wildman–Crippen LogP) is 4.03. The van der Waals surface area contributed by atoms with E-state index < -0.39 is 23.7 Å². The molecule has 0 radical (unpaired) electrons. The van der Waals surface area contributed by atoms with Gasteiger partial charge in [-0.3, -0.25) is 14.5 Å². The van der Waals surface area contributed by atoms with E-state index in [9.17, 15) is 19.5 Å². The van der Waals surface area contributed by atoms with Gasteiger partial charge in [-0.1, -0.05) is 29.5 Å². The molecule has 0 bridgehead atoms. The van der Waals surface area contributed by atoms with Crippen molar-refractivity contribution in [1.29, 1.82) is 0 Å². The number of para-hydroxylation sites is 1. The van der Waals surface area contributed by atoms with Crippen molar-refractivity contribution in [1.82, 2.24) is 4.98 Å². The lowest BCUT2D eigenvalue weighted by molar-refractivity contribution is -0.132. The van der Waals surface area contributed by atoms with Crippen molar-refractivity contribution < 1.29 is 38.4 Å². The van der Waals surface area contributed by atoms with Crippen LogP contribution in [0.2, 0.25) is 0 Å². The van der Waals surface area contributed by atoms with Crippen LogP contribution in [0.1, 0.15) is 39.5 Å². The number of carbonyl (C=O) groups excluding carboxylic acids is 3. The van der Waals surface area contributed by atoms with Gasteiger partial charge in [0.05, 0.1) is 25.0 Å². The first kappa shape index (κ1) is 25.3. The van der Waals surface area contributed by atoms with Crippen molar-refractivity contribution in [3.63, 3.8) is 0 Å². The molecular formula is C27H24N2O8S. The average molecular weight is 537 g/mol. The second-order valence-electron chi connectivity index (χ2n) is 8.40. The zero-order valence-electron chi connectivity index (χ0n) is 20.8. The summed E-state index contributed by atoms with van der Waals surface area (Å²) in [7, 11) is 1.25. The zero-order chi connectivity index (χ0) is 27.0. The third kappa shape index (κ3) is 4.24. The van der Waals surface area contributed by atoms with Crippen LogP contribution in [0.5, 0.6) is 17.2 Å². The number of nitrogens with zero attached hydrogens (tertiary/aromatic N) is 2. The van der Waals surface area contributed by atoms with Gasteiger partial charge < -0.3 is 24.1 Å². The molecule has 3 aromatic rings. The highest BCUT2D eigenvalue weighted by atomic mass is 32.1. The van der Waals surface area contributed by atoms with Crippen molar-refractivity contribution >= 4 is 39.9 Å². The van der Waals surface area contributed by atoms with Gasteiger partial charge >= 0.3 is 11.9 Å². The van der Waals surface area contributed by atoms with Gasteiger partial charge in [0.15, 0.2) is 16.6 Å². The van der Waals surface area contributed by atoms with Crippen LogP contribution >= 0.6 is 11.3 Å². The van der Waals surface area contributed by atoms with Gasteiger partial charge in [-0.05, 0) is 38.1 Å². The Hall–Kier alpha value is -4.38. The van der Waals surface area contributed by atoms with E-state index in [1.165, 1.54) is 12.0 Å².